The number of amides is 1. The Kier molecular flexibility index (Phi) is 4.58. The fraction of sp³-hybridized carbons (Fsp3) is 0.556. The molecule has 0 fully saturated rings. The van der Waals surface area contributed by atoms with Gasteiger partial charge in [0.2, 0.25) is 5.91 Å². The predicted molar refractivity (Wildman–Crippen MR) is 58.5 cm³/mol. The summed E-state index contributed by atoms with van der Waals surface area (Å²) in [6.45, 7) is 3.27. The van der Waals surface area contributed by atoms with E-state index in [0.29, 0.717) is 24.5 Å². The van der Waals surface area contributed by atoms with Gasteiger partial charge >= 0.3 is 0 Å². The van der Waals surface area contributed by atoms with Crippen molar-refractivity contribution in [3.8, 4) is 0 Å². The zero-order valence-corrected chi connectivity index (χ0v) is 9.37. The molecule has 1 rings (SSSR count). The van der Waals surface area contributed by atoms with Gasteiger partial charge in [-0.15, -0.1) is 0 Å². The van der Waals surface area contributed by atoms with Crippen molar-refractivity contribution >= 4 is 17.5 Å². The standard InChI is InChI=1S/C9H15ClN4O/c1-2-12-8(9(11)15)3-4-14-6-7(10)5-13-14/h5-6,8,12H,2-4H2,1H3,(H2,11,15). The molecule has 0 aromatic carbocycles. The fourth-order valence-electron chi connectivity index (χ4n) is 1.31. The van der Waals surface area contributed by atoms with E-state index in [4.69, 9.17) is 17.3 Å². The summed E-state index contributed by atoms with van der Waals surface area (Å²) in [4.78, 5) is 11.0. The molecule has 1 aromatic rings. The highest BCUT2D eigenvalue weighted by molar-refractivity contribution is 6.30. The van der Waals surface area contributed by atoms with Crippen LogP contribution < -0.4 is 11.1 Å². The number of hydrogen-bond acceptors (Lipinski definition) is 3. The summed E-state index contributed by atoms with van der Waals surface area (Å²) in [6.07, 6.45) is 3.89. The van der Waals surface area contributed by atoms with Gasteiger partial charge in [-0.2, -0.15) is 5.10 Å². The van der Waals surface area contributed by atoms with Gasteiger partial charge in [0.1, 0.15) is 0 Å². The van der Waals surface area contributed by atoms with Crippen LogP contribution in [0.4, 0.5) is 0 Å². The van der Waals surface area contributed by atoms with E-state index < -0.39 is 0 Å². The number of carbonyl (C=O) groups is 1. The van der Waals surface area contributed by atoms with Gasteiger partial charge in [0.25, 0.3) is 0 Å². The zero-order valence-electron chi connectivity index (χ0n) is 8.61. The van der Waals surface area contributed by atoms with E-state index in [9.17, 15) is 4.79 Å². The second-order valence-electron chi connectivity index (χ2n) is 3.22. The zero-order chi connectivity index (χ0) is 11.3. The Morgan fingerprint density at radius 2 is 2.53 bits per heavy atom. The molecule has 15 heavy (non-hydrogen) atoms. The van der Waals surface area contributed by atoms with Crippen molar-refractivity contribution in [2.45, 2.75) is 25.9 Å². The molecule has 0 radical (unpaired) electrons. The summed E-state index contributed by atoms with van der Waals surface area (Å²) < 4.78 is 1.69. The molecule has 0 saturated heterocycles. The quantitative estimate of drug-likeness (QED) is 0.743. The van der Waals surface area contributed by atoms with Crippen molar-refractivity contribution in [1.82, 2.24) is 15.1 Å². The van der Waals surface area contributed by atoms with E-state index in [1.165, 1.54) is 0 Å². The minimum absolute atomic E-state index is 0.307. The molecule has 5 nitrogen and oxygen atoms in total. The number of nitrogens with two attached hydrogens (primary N) is 1. The molecule has 1 heterocycles. The Morgan fingerprint density at radius 3 is 3.00 bits per heavy atom. The first-order chi connectivity index (χ1) is 7.13. The van der Waals surface area contributed by atoms with E-state index in [0.717, 1.165) is 0 Å². The van der Waals surface area contributed by atoms with Crippen LogP contribution in [0.3, 0.4) is 0 Å². The molecule has 0 aliphatic heterocycles. The Labute approximate surface area is 93.6 Å². The first-order valence-electron chi connectivity index (χ1n) is 4.84. The highest BCUT2D eigenvalue weighted by atomic mass is 35.5. The number of primary amides is 1. The largest absolute Gasteiger partial charge is 0.368 e. The monoisotopic (exact) mass is 230 g/mol. The number of likely N-dealkylation sites (N-methyl/N-ethyl adjacent to an activating group) is 1. The van der Waals surface area contributed by atoms with Crippen molar-refractivity contribution in [3.63, 3.8) is 0 Å². The number of aryl methyl sites for hydroxylation is 1. The maximum atomic E-state index is 11.0. The molecule has 1 amide bonds. The Morgan fingerprint density at radius 1 is 1.80 bits per heavy atom. The van der Waals surface area contributed by atoms with Gasteiger partial charge in [-0.1, -0.05) is 18.5 Å². The van der Waals surface area contributed by atoms with Gasteiger partial charge in [-0.25, -0.2) is 0 Å². The van der Waals surface area contributed by atoms with Crippen molar-refractivity contribution in [3.05, 3.63) is 17.4 Å². The van der Waals surface area contributed by atoms with Crippen LogP contribution in [0.5, 0.6) is 0 Å². The van der Waals surface area contributed by atoms with Crippen LogP contribution in [0.1, 0.15) is 13.3 Å². The molecule has 1 unspecified atom stereocenters. The molecule has 0 aliphatic rings. The summed E-state index contributed by atoms with van der Waals surface area (Å²) in [5, 5.41) is 7.61. The lowest BCUT2D eigenvalue weighted by molar-refractivity contribution is -0.120. The SMILES string of the molecule is CCNC(CCn1cc(Cl)cn1)C(N)=O. The lowest BCUT2D eigenvalue weighted by Gasteiger charge is -2.13. The Hall–Kier alpha value is -1.07. The minimum Gasteiger partial charge on any atom is -0.368 e. The van der Waals surface area contributed by atoms with Gasteiger partial charge in [0.15, 0.2) is 0 Å². The van der Waals surface area contributed by atoms with Gasteiger partial charge < -0.3 is 11.1 Å². The van der Waals surface area contributed by atoms with E-state index in [1.54, 1.807) is 17.1 Å². The predicted octanol–water partition coefficient (Wildman–Crippen LogP) is 0.390. The van der Waals surface area contributed by atoms with Crippen LogP contribution in [0.15, 0.2) is 12.4 Å². The maximum absolute atomic E-state index is 11.0. The normalized spacial score (nSPS) is 12.7. The number of halogens is 1. The molecular formula is C9H15ClN4O. The fourth-order valence-corrected chi connectivity index (χ4v) is 1.47. The third-order valence-corrected chi connectivity index (χ3v) is 2.24. The number of nitrogens with one attached hydrogen (secondary N) is 1. The van der Waals surface area contributed by atoms with Crippen LogP contribution in [0.2, 0.25) is 5.02 Å². The molecule has 0 spiro atoms. The highest BCUT2D eigenvalue weighted by Gasteiger charge is 2.13. The number of nitrogens with zero attached hydrogens (tertiary/aromatic N) is 2. The van der Waals surface area contributed by atoms with Gasteiger partial charge in [-0.3, -0.25) is 9.48 Å². The van der Waals surface area contributed by atoms with E-state index in [1.807, 2.05) is 6.92 Å². The summed E-state index contributed by atoms with van der Waals surface area (Å²) in [5.74, 6) is -0.338. The molecule has 1 aromatic heterocycles. The van der Waals surface area contributed by atoms with Gasteiger partial charge in [-0.05, 0) is 13.0 Å². The van der Waals surface area contributed by atoms with Crippen molar-refractivity contribution < 1.29 is 4.79 Å². The lowest BCUT2D eigenvalue weighted by atomic mass is 10.2. The van der Waals surface area contributed by atoms with Crippen LogP contribution in [0, 0.1) is 0 Å². The summed E-state index contributed by atoms with van der Waals surface area (Å²) in [6, 6.07) is -0.307. The van der Waals surface area contributed by atoms with E-state index in [-0.39, 0.29) is 11.9 Å². The smallest absolute Gasteiger partial charge is 0.234 e. The number of hydrogen-bond donors (Lipinski definition) is 2. The molecule has 6 heteroatoms. The molecule has 0 bridgehead atoms. The van der Waals surface area contributed by atoms with Crippen LogP contribution in [-0.4, -0.2) is 28.3 Å². The molecule has 1 atom stereocenters. The number of rotatable bonds is 6. The van der Waals surface area contributed by atoms with Crippen LogP contribution in [-0.2, 0) is 11.3 Å². The first kappa shape index (κ1) is 12.0. The topological polar surface area (TPSA) is 72.9 Å². The minimum atomic E-state index is -0.338. The molecular weight excluding hydrogens is 216 g/mol. The average molecular weight is 231 g/mol. The number of aromatic nitrogens is 2. The Bertz CT molecular complexity index is 326. The second-order valence-corrected chi connectivity index (χ2v) is 3.66. The molecule has 3 N–H and O–H groups in total. The summed E-state index contributed by atoms with van der Waals surface area (Å²) >= 11 is 5.71. The molecule has 0 aliphatic carbocycles. The second kappa shape index (κ2) is 5.72. The van der Waals surface area contributed by atoms with E-state index >= 15 is 0 Å². The van der Waals surface area contributed by atoms with Crippen LogP contribution >= 0.6 is 11.6 Å². The van der Waals surface area contributed by atoms with Crippen molar-refractivity contribution in [2.75, 3.05) is 6.54 Å². The van der Waals surface area contributed by atoms with Crippen LogP contribution in [0.25, 0.3) is 0 Å². The number of carbonyl (C=O) groups excluding carboxylic acids is 1. The van der Waals surface area contributed by atoms with Gasteiger partial charge in [0, 0.05) is 12.7 Å². The highest BCUT2D eigenvalue weighted by Crippen LogP contribution is 2.05. The first-order valence-corrected chi connectivity index (χ1v) is 5.22. The third-order valence-electron chi connectivity index (χ3n) is 2.04. The molecule has 84 valence electrons. The Balaban J connectivity index is 2.43. The molecule has 0 saturated carbocycles. The van der Waals surface area contributed by atoms with Crippen molar-refractivity contribution in [1.29, 1.82) is 0 Å². The lowest BCUT2D eigenvalue weighted by Crippen LogP contribution is -2.41. The maximum Gasteiger partial charge on any atom is 0.234 e. The van der Waals surface area contributed by atoms with Gasteiger partial charge in [0.05, 0.1) is 17.3 Å². The third kappa shape index (κ3) is 3.89. The summed E-state index contributed by atoms with van der Waals surface area (Å²) in [7, 11) is 0. The van der Waals surface area contributed by atoms with E-state index in [2.05, 4.69) is 10.4 Å². The average Bonchev–Trinajstić information content (AvgIpc) is 2.58. The van der Waals surface area contributed by atoms with Crippen molar-refractivity contribution in [2.24, 2.45) is 5.73 Å². The summed E-state index contributed by atoms with van der Waals surface area (Å²) in [5.41, 5.74) is 5.23.